The summed E-state index contributed by atoms with van der Waals surface area (Å²) in [6.45, 7) is 6.51. The Morgan fingerprint density at radius 3 is 2.89 bits per heavy atom. The van der Waals surface area contributed by atoms with Crippen LogP contribution in [0.1, 0.15) is 13.8 Å². The number of benzene rings is 1. The number of para-hydroxylation sites is 1. The number of hydrogen-bond donors (Lipinski definition) is 1. The van der Waals surface area contributed by atoms with Crippen LogP contribution in [0.25, 0.3) is 10.9 Å². The Morgan fingerprint density at radius 1 is 1.17 bits per heavy atom. The molecule has 1 N–H and O–H groups in total. The van der Waals surface area contributed by atoms with E-state index in [9.17, 15) is 0 Å². The number of pyridine rings is 1. The second-order valence-electron chi connectivity index (χ2n) is 5.17. The summed E-state index contributed by atoms with van der Waals surface area (Å²) < 4.78 is 0. The molecular weight excluding hydrogens is 222 g/mol. The summed E-state index contributed by atoms with van der Waals surface area (Å²) in [6.07, 6.45) is 0. The molecule has 2 atom stereocenters. The molecule has 1 aromatic heterocycles. The summed E-state index contributed by atoms with van der Waals surface area (Å²) in [5.41, 5.74) is 1.08. The fourth-order valence-corrected chi connectivity index (χ4v) is 2.56. The summed E-state index contributed by atoms with van der Waals surface area (Å²) in [6, 6.07) is 13.6. The van der Waals surface area contributed by atoms with Crippen molar-refractivity contribution in [3.05, 3.63) is 36.4 Å². The Balaban J connectivity index is 1.97. The van der Waals surface area contributed by atoms with E-state index in [1.807, 2.05) is 6.07 Å². The van der Waals surface area contributed by atoms with Gasteiger partial charge in [-0.05, 0) is 32.0 Å². The lowest BCUT2D eigenvalue weighted by molar-refractivity contribution is 0.423. The van der Waals surface area contributed by atoms with Crippen molar-refractivity contribution in [2.75, 3.05) is 18.0 Å². The lowest BCUT2D eigenvalue weighted by atomic mass is 10.1. The highest BCUT2D eigenvalue weighted by Gasteiger charge is 2.23. The Labute approximate surface area is 108 Å². The Hall–Kier alpha value is -1.61. The van der Waals surface area contributed by atoms with Crippen LogP contribution in [-0.4, -0.2) is 30.2 Å². The topological polar surface area (TPSA) is 28.2 Å². The molecular formula is C15H19N3. The van der Waals surface area contributed by atoms with Crippen molar-refractivity contribution >= 4 is 16.7 Å². The van der Waals surface area contributed by atoms with Gasteiger partial charge in [0, 0.05) is 30.6 Å². The molecule has 3 nitrogen and oxygen atoms in total. The summed E-state index contributed by atoms with van der Waals surface area (Å²) in [5, 5.41) is 4.70. The van der Waals surface area contributed by atoms with E-state index in [1.165, 1.54) is 5.39 Å². The number of piperazine rings is 1. The average molecular weight is 241 g/mol. The van der Waals surface area contributed by atoms with Crippen molar-refractivity contribution in [1.82, 2.24) is 10.3 Å². The van der Waals surface area contributed by atoms with Crippen molar-refractivity contribution in [1.29, 1.82) is 0 Å². The molecule has 94 valence electrons. The van der Waals surface area contributed by atoms with Crippen LogP contribution in [0, 0.1) is 0 Å². The highest BCUT2D eigenvalue weighted by Crippen LogP contribution is 2.21. The standard InChI is InChI=1S/C15H19N3/c1-11-10-18(12(2)9-16-11)15-8-7-13-5-3-4-6-14(13)17-15/h3-8,11-12,16H,9-10H2,1-2H3. The molecule has 1 saturated heterocycles. The largest absolute Gasteiger partial charge is 0.351 e. The smallest absolute Gasteiger partial charge is 0.129 e. The van der Waals surface area contributed by atoms with Gasteiger partial charge in [-0.15, -0.1) is 0 Å². The van der Waals surface area contributed by atoms with Crippen molar-refractivity contribution in [3.63, 3.8) is 0 Å². The van der Waals surface area contributed by atoms with Crippen molar-refractivity contribution < 1.29 is 0 Å². The van der Waals surface area contributed by atoms with Gasteiger partial charge in [0.15, 0.2) is 0 Å². The first-order valence-corrected chi connectivity index (χ1v) is 6.60. The maximum Gasteiger partial charge on any atom is 0.129 e. The van der Waals surface area contributed by atoms with E-state index in [0.717, 1.165) is 24.4 Å². The first-order chi connectivity index (χ1) is 8.74. The monoisotopic (exact) mass is 241 g/mol. The van der Waals surface area contributed by atoms with E-state index in [0.29, 0.717) is 12.1 Å². The van der Waals surface area contributed by atoms with Gasteiger partial charge in [-0.2, -0.15) is 0 Å². The number of aromatic nitrogens is 1. The van der Waals surface area contributed by atoms with Gasteiger partial charge < -0.3 is 10.2 Å². The third-order valence-corrected chi connectivity index (χ3v) is 3.64. The number of nitrogens with zero attached hydrogens (tertiary/aromatic N) is 2. The normalized spacial score (nSPS) is 24.4. The molecule has 1 aliphatic heterocycles. The van der Waals surface area contributed by atoms with E-state index < -0.39 is 0 Å². The second-order valence-corrected chi connectivity index (χ2v) is 5.17. The fraction of sp³-hybridized carbons (Fsp3) is 0.400. The van der Waals surface area contributed by atoms with Gasteiger partial charge in [0.25, 0.3) is 0 Å². The van der Waals surface area contributed by atoms with Crippen LogP contribution in [0.15, 0.2) is 36.4 Å². The van der Waals surface area contributed by atoms with Crippen LogP contribution in [0.2, 0.25) is 0 Å². The number of nitrogens with one attached hydrogen (secondary N) is 1. The number of hydrogen-bond acceptors (Lipinski definition) is 3. The zero-order valence-corrected chi connectivity index (χ0v) is 10.9. The van der Waals surface area contributed by atoms with E-state index in [2.05, 4.69) is 54.4 Å². The minimum atomic E-state index is 0.495. The molecule has 1 aliphatic rings. The van der Waals surface area contributed by atoms with Gasteiger partial charge >= 0.3 is 0 Å². The predicted molar refractivity (Wildman–Crippen MR) is 76.0 cm³/mol. The fourth-order valence-electron chi connectivity index (χ4n) is 2.56. The van der Waals surface area contributed by atoms with Crippen LogP contribution in [0.3, 0.4) is 0 Å². The zero-order valence-electron chi connectivity index (χ0n) is 10.9. The molecule has 3 heteroatoms. The minimum Gasteiger partial charge on any atom is -0.351 e. The highest BCUT2D eigenvalue weighted by molar-refractivity contribution is 5.80. The predicted octanol–water partition coefficient (Wildman–Crippen LogP) is 2.42. The molecule has 2 unspecified atom stereocenters. The van der Waals surface area contributed by atoms with Gasteiger partial charge in [-0.3, -0.25) is 0 Å². The Morgan fingerprint density at radius 2 is 2.00 bits per heavy atom. The minimum absolute atomic E-state index is 0.495. The van der Waals surface area contributed by atoms with E-state index in [1.54, 1.807) is 0 Å². The second kappa shape index (κ2) is 4.58. The van der Waals surface area contributed by atoms with E-state index in [4.69, 9.17) is 4.98 Å². The Kier molecular flexibility index (Phi) is 2.92. The Bertz CT molecular complexity index is 552. The molecule has 0 bridgehead atoms. The van der Waals surface area contributed by atoms with E-state index >= 15 is 0 Å². The van der Waals surface area contributed by atoms with E-state index in [-0.39, 0.29) is 0 Å². The molecule has 3 rings (SSSR count). The molecule has 0 amide bonds. The van der Waals surface area contributed by atoms with Crippen LogP contribution in [0.4, 0.5) is 5.82 Å². The third-order valence-electron chi connectivity index (χ3n) is 3.64. The molecule has 18 heavy (non-hydrogen) atoms. The molecule has 0 saturated carbocycles. The van der Waals surface area contributed by atoms with Crippen molar-refractivity contribution in [2.45, 2.75) is 25.9 Å². The maximum absolute atomic E-state index is 4.78. The molecule has 1 aromatic carbocycles. The van der Waals surface area contributed by atoms with Crippen LogP contribution in [-0.2, 0) is 0 Å². The molecule has 2 heterocycles. The van der Waals surface area contributed by atoms with Crippen LogP contribution < -0.4 is 10.2 Å². The number of anilines is 1. The highest BCUT2D eigenvalue weighted by atomic mass is 15.3. The third kappa shape index (κ3) is 2.06. The van der Waals surface area contributed by atoms with Crippen LogP contribution in [0.5, 0.6) is 0 Å². The van der Waals surface area contributed by atoms with Gasteiger partial charge in [0.2, 0.25) is 0 Å². The van der Waals surface area contributed by atoms with Gasteiger partial charge in [0.1, 0.15) is 5.82 Å². The van der Waals surface area contributed by atoms with Gasteiger partial charge in [-0.1, -0.05) is 18.2 Å². The van der Waals surface area contributed by atoms with Gasteiger partial charge in [0.05, 0.1) is 5.52 Å². The van der Waals surface area contributed by atoms with Crippen molar-refractivity contribution in [3.8, 4) is 0 Å². The number of fused-ring (bicyclic) bond motifs is 1. The lowest BCUT2D eigenvalue weighted by Gasteiger charge is -2.38. The van der Waals surface area contributed by atoms with Crippen molar-refractivity contribution in [2.24, 2.45) is 0 Å². The molecule has 0 spiro atoms. The molecule has 2 aromatic rings. The summed E-state index contributed by atoms with van der Waals surface area (Å²) in [7, 11) is 0. The quantitative estimate of drug-likeness (QED) is 0.831. The van der Waals surface area contributed by atoms with Gasteiger partial charge in [-0.25, -0.2) is 4.98 Å². The molecule has 0 aliphatic carbocycles. The average Bonchev–Trinajstić information content (AvgIpc) is 2.41. The molecule has 1 fully saturated rings. The first kappa shape index (κ1) is 11.5. The lowest BCUT2D eigenvalue weighted by Crippen LogP contribution is -2.54. The van der Waals surface area contributed by atoms with Crippen LogP contribution >= 0.6 is 0 Å². The maximum atomic E-state index is 4.78. The summed E-state index contributed by atoms with van der Waals surface area (Å²) in [5.74, 6) is 1.09. The summed E-state index contributed by atoms with van der Waals surface area (Å²) >= 11 is 0. The number of rotatable bonds is 1. The zero-order chi connectivity index (χ0) is 12.5. The first-order valence-electron chi connectivity index (χ1n) is 6.60. The summed E-state index contributed by atoms with van der Waals surface area (Å²) in [4.78, 5) is 7.18. The molecule has 0 radical (unpaired) electrons. The SMILES string of the molecule is CC1CN(c2ccc3ccccc3n2)C(C)CN1.